The average Bonchev–Trinajstić information content (AvgIpc) is 3.36. The van der Waals surface area contributed by atoms with Crippen molar-refractivity contribution in [3.63, 3.8) is 0 Å². The van der Waals surface area contributed by atoms with Gasteiger partial charge < -0.3 is 18.8 Å². The van der Waals surface area contributed by atoms with Crippen molar-refractivity contribution in [3.8, 4) is 5.75 Å². The number of methoxy groups -OCH3 is 2. The van der Waals surface area contributed by atoms with Crippen molar-refractivity contribution in [1.29, 1.82) is 0 Å². The Kier molecular flexibility index (Phi) is 6.29. The molecule has 0 bridgehead atoms. The van der Waals surface area contributed by atoms with E-state index in [2.05, 4.69) is 4.90 Å². The number of carbonyl (C=O) groups excluding carboxylic acids is 2. The summed E-state index contributed by atoms with van der Waals surface area (Å²) in [7, 11) is 3.21. The quantitative estimate of drug-likeness (QED) is 0.603. The summed E-state index contributed by atoms with van der Waals surface area (Å²) in [5.41, 5.74) is 1.17. The van der Waals surface area contributed by atoms with Gasteiger partial charge >= 0.3 is 6.03 Å². The van der Waals surface area contributed by atoms with E-state index in [1.54, 1.807) is 31.6 Å². The highest BCUT2D eigenvalue weighted by Gasteiger charge is 2.57. The molecular formula is C23H29N3O5. The Morgan fingerprint density at radius 1 is 1.06 bits per heavy atom. The Morgan fingerprint density at radius 2 is 1.87 bits per heavy atom. The zero-order chi connectivity index (χ0) is 21.8. The molecule has 31 heavy (non-hydrogen) atoms. The van der Waals surface area contributed by atoms with Gasteiger partial charge in [0.2, 0.25) is 0 Å². The van der Waals surface area contributed by atoms with Gasteiger partial charge in [-0.3, -0.25) is 14.6 Å². The number of hydrogen-bond donors (Lipinski definition) is 0. The second kappa shape index (κ2) is 9.11. The summed E-state index contributed by atoms with van der Waals surface area (Å²) in [6, 6.07) is 9.19. The maximum absolute atomic E-state index is 13.6. The molecule has 8 nitrogen and oxygen atoms in total. The van der Waals surface area contributed by atoms with Gasteiger partial charge in [0.1, 0.15) is 11.3 Å². The fourth-order valence-corrected chi connectivity index (χ4v) is 4.57. The highest BCUT2D eigenvalue weighted by molar-refractivity contribution is 6.07. The van der Waals surface area contributed by atoms with Gasteiger partial charge in [0.25, 0.3) is 5.91 Å². The van der Waals surface area contributed by atoms with Crippen molar-refractivity contribution >= 4 is 11.9 Å². The van der Waals surface area contributed by atoms with E-state index in [9.17, 15) is 9.59 Å². The maximum Gasteiger partial charge on any atom is 0.328 e. The van der Waals surface area contributed by atoms with Crippen LogP contribution in [0, 0.1) is 0 Å². The molecule has 2 saturated heterocycles. The molecule has 0 radical (unpaired) electrons. The lowest BCUT2D eigenvalue weighted by Gasteiger charge is -2.42. The van der Waals surface area contributed by atoms with Gasteiger partial charge in [-0.1, -0.05) is 12.1 Å². The number of amides is 3. The van der Waals surface area contributed by atoms with E-state index in [1.807, 2.05) is 30.3 Å². The van der Waals surface area contributed by atoms with Crippen LogP contribution in [-0.2, 0) is 22.6 Å². The van der Waals surface area contributed by atoms with Crippen LogP contribution < -0.4 is 4.74 Å². The molecule has 3 amide bonds. The maximum atomic E-state index is 13.6. The molecule has 166 valence electrons. The van der Waals surface area contributed by atoms with E-state index in [0.29, 0.717) is 31.7 Å². The van der Waals surface area contributed by atoms with Crippen molar-refractivity contribution in [3.05, 3.63) is 54.0 Å². The number of furan rings is 1. The molecule has 1 aromatic heterocycles. The Balaban J connectivity index is 1.52. The number of ether oxygens (including phenoxy) is 2. The van der Waals surface area contributed by atoms with Crippen molar-refractivity contribution < 1.29 is 23.5 Å². The standard InChI is InChI=1S/C23H29N3O5/c1-29-13-11-26-22(28)25(16-18-4-3-5-20(14-18)30-2)21(27)23(26)7-9-24(10-8-23)15-19-6-12-31-17-19/h3-6,12,14,17H,7-11,13,15-16H2,1-2H3. The Bertz CT molecular complexity index is 906. The van der Waals surface area contributed by atoms with Crippen LogP contribution in [0.4, 0.5) is 4.79 Å². The van der Waals surface area contributed by atoms with E-state index in [-0.39, 0.29) is 18.5 Å². The highest BCUT2D eigenvalue weighted by atomic mass is 16.5. The summed E-state index contributed by atoms with van der Waals surface area (Å²) in [4.78, 5) is 32.3. The van der Waals surface area contributed by atoms with Gasteiger partial charge in [0.05, 0.1) is 32.8 Å². The lowest BCUT2D eigenvalue weighted by molar-refractivity contribution is -0.136. The van der Waals surface area contributed by atoms with Crippen LogP contribution in [0.15, 0.2) is 47.3 Å². The van der Waals surface area contributed by atoms with Crippen LogP contribution >= 0.6 is 0 Å². The van der Waals surface area contributed by atoms with Gasteiger partial charge in [0.15, 0.2) is 0 Å². The van der Waals surface area contributed by atoms with E-state index in [1.165, 1.54) is 4.90 Å². The van der Waals surface area contributed by atoms with Crippen LogP contribution in [0.2, 0.25) is 0 Å². The van der Waals surface area contributed by atoms with Crippen LogP contribution in [0.3, 0.4) is 0 Å². The van der Waals surface area contributed by atoms with Gasteiger partial charge in [-0.2, -0.15) is 0 Å². The molecule has 3 heterocycles. The second-order valence-electron chi connectivity index (χ2n) is 8.11. The first-order valence-electron chi connectivity index (χ1n) is 10.6. The number of hydrogen-bond acceptors (Lipinski definition) is 6. The van der Waals surface area contributed by atoms with Crippen LogP contribution in [0.5, 0.6) is 5.75 Å². The predicted octanol–water partition coefficient (Wildman–Crippen LogP) is 2.73. The molecule has 1 aromatic carbocycles. The number of imide groups is 1. The minimum atomic E-state index is -0.804. The number of likely N-dealkylation sites (tertiary alicyclic amines) is 1. The minimum Gasteiger partial charge on any atom is -0.497 e. The van der Waals surface area contributed by atoms with Gasteiger partial charge in [-0.15, -0.1) is 0 Å². The van der Waals surface area contributed by atoms with E-state index < -0.39 is 5.54 Å². The molecule has 0 aliphatic carbocycles. The lowest BCUT2D eigenvalue weighted by atomic mass is 9.85. The molecule has 0 atom stereocenters. The van der Waals surface area contributed by atoms with Crippen LogP contribution in [0.25, 0.3) is 0 Å². The molecule has 2 fully saturated rings. The van der Waals surface area contributed by atoms with E-state index >= 15 is 0 Å². The third-order valence-corrected chi connectivity index (χ3v) is 6.29. The first kappa shape index (κ1) is 21.4. The normalized spacial score (nSPS) is 18.9. The van der Waals surface area contributed by atoms with E-state index in [0.717, 1.165) is 30.8 Å². The number of urea groups is 1. The summed E-state index contributed by atoms with van der Waals surface area (Å²) in [5, 5.41) is 0. The first-order chi connectivity index (χ1) is 15.1. The van der Waals surface area contributed by atoms with Crippen molar-refractivity contribution in [2.75, 3.05) is 40.5 Å². The average molecular weight is 428 g/mol. The van der Waals surface area contributed by atoms with Gasteiger partial charge in [-0.25, -0.2) is 4.79 Å². The lowest BCUT2D eigenvalue weighted by Crippen LogP contribution is -2.57. The fraction of sp³-hybridized carbons (Fsp3) is 0.478. The summed E-state index contributed by atoms with van der Waals surface area (Å²) in [6.07, 6.45) is 4.62. The van der Waals surface area contributed by atoms with Gasteiger partial charge in [0, 0.05) is 38.9 Å². The molecule has 2 aliphatic rings. The first-order valence-corrected chi connectivity index (χ1v) is 10.6. The summed E-state index contributed by atoms with van der Waals surface area (Å²) in [5.74, 6) is 0.592. The Hall–Kier alpha value is -2.84. The Labute approximate surface area is 182 Å². The molecular weight excluding hydrogens is 398 g/mol. The van der Waals surface area contributed by atoms with Crippen molar-refractivity contribution in [2.45, 2.75) is 31.5 Å². The van der Waals surface area contributed by atoms with Crippen LogP contribution in [-0.4, -0.2) is 72.6 Å². The fourth-order valence-electron chi connectivity index (χ4n) is 4.57. The third kappa shape index (κ3) is 4.18. The molecule has 1 spiro atoms. The van der Waals surface area contributed by atoms with Crippen molar-refractivity contribution in [1.82, 2.24) is 14.7 Å². The molecule has 8 heteroatoms. The van der Waals surface area contributed by atoms with E-state index in [4.69, 9.17) is 13.9 Å². The molecule has 2 aliphatic heterocycles. The Morgan fingerprint density at radius 3 is 2.55 bits per heavy atom. The monoisotopic (exact) mass is 427 g/mol. The zero-order valence-corrected chi connectivity index (χ0v) is 18.1. The van der Waals surface area contributed by atoms with Gasteiger partial charge in [-0.05, 0) is 36.6 Å². The molecule has 0 N–H and O–H groups in total. The minimum absolute atomic E-state index is 0.112. The summed E-state index contributed by atoms with van der Waals surface area (Å²) < 4.78 is 15.7. The number of piperidine rings is 1. The number of rotatable bonds is 8. The largest absolute Gasteiger partial charge is 0.497 e. The highest BCUT2D eigenvalue weighted by Crippen LogP contribution is 2.38. The smallest absolute Gasteiger partial charge is 0.328 e. The molecule has 0 unspecified atom stereocenters. The van der Waals surface area contributed by atoms with Crippen molar-refractivity contribution in [2.24, 2.45) is 0 Å². The third-order valence-electron chi connectivity index (χ3n) is 6.29. The SMILES string of the molecule is COCCN1C(=O)N(Cc2cccc(OC)c2)C(=O)C12CCN(Cc1ccoc1)CC2. The molecule has 0 saturated carbocycles. The number of carbonyl (C=O) groups is 2. The molecule has 4 rings (SSSR count). The predicted molar refractivity (Wildman–Crippen MR) is 113 cm³/mol. The zero-order valence-electron chi connectivity index (χ0n) is 18.1. The number of nitrogens with zero attached hydrogens (tertiary/aromatic N) is 3. The topological polar surface area (TPSA) is 75.5 Å². The number of benzene rings is 1. The summed E-state index contributed by atoms with van der Waals surface area (Å²) >= 11 is 0. The molecule has 2 aromatic rings. The summed E-state index contributed by atoms with van der Waals surface area (Å²) in [6.45, 7) is 3.28. The second-order valence-corrected chi connectivity index (χ2v) is 8.11. The van der Waals surface area contributed by atoms with Crippen LogP contribution in [0.1, 0.15) is 24.0 Å².